The Morgan fingerprint density at radius 2 is 2.10 bits per heavy atom. The van der Waals surface area contributed by atoms with Gasteiger partial charge in [0, 0.05) is 18.0 Å². The minimum Gasteiger partial charge on any atom is -0.369 e. The molecule has 0 atom stereocenters. The van der Waals surface area contributed by atoms with Crippen LogP contribution in [0.4, 0.5) is 0 Å². The van der Waals surface area contributed by atoms with Crippen molar-refractivity contribution < 1.29 is 4.79 Å². The summed E-state index contributed by atoms with van der Waals surface area (Å²) in [5.74, 6) is 0.379. The van der Waals surface area contributed by atoms with E-state index in [1.165, 1.54) is 10.4 Å². The summed E-state index contributed by atoms with van der Waals surface area (Å²) >= 11 is 1.70. The Labute approximate surface area is 147 Å². The number of carbonyl (C=O) groups excluding carboxylic acids is 1. The molecule has 0 aliphatic rings. The highest BCUT2D eigenvalue weighted by atomic mass is 127. The highest BCUT2D eigenvalue weighted by Crippen LogP contribution is 2.16. The molecule has 4 N–H and O–H groups in total. The van der Waals surface area contributed by atoms with Gasteiger partial charge in [0.25, 0.3) is 0 Å². The Bertz CT molecular complexity index is 485. The lowest BCUT2D eigenvalue weighted by Gasteiger charge is -2.22. The number of thiophene rings is 1. The summed E-state index contributed by atoms with van der Waals surface area (Å²) in [6, 6.07) is 2.09. The summed E-state index contributed by atoms with van der Waals surface area (Å²) < 4.78 is 0. The van der Waals surface area contributed by atoms with Gasteiger partial charge in [-0.15, -0.1) is 35.3 Å². The lowest BCUT2D eigenvalue weighted by Crippen LogP contribution is -2.46. The number of hydrogen-bond acceptors (Lipinski definition) is 3. The molecule has 0 saturated heterocycles. The number of rotatable bonds is 6. The van der Waals surface area contributed by atoms with Gasteiger partial charge in [-0.1, -0.05) is 0 Å². The number of hydrogen-bond donors (Lipinski definition) is 3. The van der Waals surface area contributed by atoms with Crippen molar-refractivity contribution in [2.45, 2.75) is 34.2 Å². The highest BCUT2D eigenvalue weighted by molar-refractivity contribution is 14.0. The van der Waals surface area contributed by atoms with Crippen LogP contribution in [0, 0.1) is 12.3 Å². The molecule has 7 heteroatoms. The van der Waals surface area contributed by atoms with Gasteiger partial charge in [-0.25, -0.2) is 4.99 Å². The fraction of sp³-hybridized carbons (Fsp3) is 0.571. The summed E-state index contributed by atoms with van der Waals surface area (Å²) in [4.78, 5) is 17.1. The maximum atomic E-state index is 11.3. The lowest BCUT2D eigenvalue weighted by molar-refractivity contribution is -0.125. The first-order valence-electron chi connectivity index (χ1n) is 6.72. The number of halogens is 1. The summed E-state index contributed by atoms with van der Waals surface area (Å²) in [5.41, 5.74) is 6.02. The minimum atomic E-state index is -0.602. The molecule has 0 unspecified atom stereocenters. The molecule has 21 heavy (non-hydrogen) atoms. The van der Waals surface area contributed by atoms with E-state index in [1.54, 1.807) is 11.3 Å². The Kier molecular flexibility index (Phi) is 8.88. The number of carbonyl (C=O) groups is 1. The minimum absolute atomic E-state index is 0. The van der Waals surface area contributed by atoms with E-state index in [1.807, 2.05) is 20.8 Å². The van der Waals surface area contributed by atoms with E-state index in [4.69, 9.17) is 5.73 Å². The van der Waals surface area contributed by atoms with Crippen molar-refractivity contribution in [3.8, 4) is 0 Å². The first-order chi connectivity index (χ1) is 9.36. The molecule has 0 aliphatic carbocycles. The molecule has 5 nitrogen and oxygen atoms in total. The zero-order chi connectivity index (χ0) is 15.2. The first-order valence-corrected chi connectivity index (χ1v) is 7.60. The van der Waals surface area contributed by atoms with Gasteiger partial charge < -0.3 is 16.4 Å². The van der Waals surface area contributed by atoms with E-state index in [0.29, 0.717) is 19.0 Å². The Balaban J connectivity index is 0.00000400. The predicted molar refractivity (Wildman–Crippen MR) is 100 cm³/mol. The molecule has 120 valence electrons. The third kappa shape index (κ3) is 6.64. The van der Waals surface area contributed by atoms with Crippen LogP contribution in [-0.4, -0.2) is 25.0 Å². The van der Waals surface area contributed by atoms with Crippen molar-refractivity contribution in [3.63, 3.8) is 0 Å². The van der Waals surface area contributed by atoms with Crippen LogP contribution in [0.25, 0.3) is 0 Å². The molecule has 1 amide bonds. The number of aliphatic imine (C=N–C) groups is 1. The van der Waals surface area contributed by atoms with Crippen LogP contribution < -0.4 is 16.4 Å². The van der Waals surface area contributed by atoms with E-state index in [9.17, 15) is 4.79 Å². The number of nitrogens with two attached hydrogens (primary N) is 1. The molecular formula is C14H25IN4OS. The fourth-order valence-electron chi connectivity index (χ4n) is 1.45. The molecule has 0 radical (unpaired) electrons. The van der Waals surface area contributed by atoms with Crippen LogP contribution in [0.2, 0.25) is 0 Å². The Morgan fingerprint density at radius 3 is 2.57 bits per heavy atom. The van der Waals surface area contributed by atoms with E-state index in [0.717, 1.165) is 6.54 Å². The molecular weight excluding hydrogens is 399 g/mol. The van der Waals surface area contributed by atoms with Gasteiger partial charge in [0.2, 0.25) is 5.91 Å². The molecule has 0 fully saturated rings. The summed E-state index contributed by atoms with van der Waals surface area (Å²) in [5, 5.41) is 8.40. The zero-order valence-corrected chi connectivity index (χ0v) is 16.2. The summed E-state index contributed by atoms with van der Waals surface area (Å²) in [6.45, 7) is 9.58. The van der Waals surface area contributed by atoms with Crippen LogP contribution in [0.15, 0.2) is 16.4 Å². The smallest absolute Gasteiger partial charge is 0.224 e. The molecule has 1 rings (SSSR count). The summed E-state index contributed by atoms with van der Waals surface area (Å²) in [7, 11) is 0. The second kappa shape index (κ2) is 9.24. The monoisotopic (exact) mass is 424 g/mol. The molecule has 1 aromatic heterocycles. The predicted octanol–water partition coefficient (Wildman–Crippen LogP) is 2.24. The number of primary amides is 1. The number of nitrogens with zero attached hydrogens (tertiary/aromatic N) is 1. The highest BCUT2D eigenvalue weighted by Gasteiger charge is 2.24. The van der Waals surface area contributed by atoms with Crippen molar-refractivity contribution in [3.05, 3.63) is 21.9 Å². The van der Waals surface area contributed by atoms with Gasteiger partial charge in [-0.3, -0.25) is 4.79 Å². The molecule has 0 aromatic carbocycles. The van der Waals surface area contributed by atoms with Gasteiger partial charge in [-0.2, -0.15) is 0 Å². The van der Waals surface area contributed by atoms with Crippen LogP contribution in [0.5, 0.6) is 0 Å². The molecule has 0 saturated carbocycles. The fourth-order valence-corrected chi connectivity index (χ4v) is 2.28. The van der Waals surface area contributed by atoms with Gasteiger partial charge in [-0.05, 0) is 44.7 Å². The third-order valence-corrected chi connectivity index (χ3v) is 4.07. The lowest BCUT2D eigenvalue weighted by atomic mass is 9.93. The molecule has 1 heterocycles. The number of guanidine groups is 1. The van der Waals surface area contributed by atoms with Crippen LogP contribution in [-0.2, 0) is 11.3 Å². The molecule has 1 aromatic rings. The van der Waals surface area contributed by atoms with Crippen LogP contribution in [0.3, 0.4) is 0 Å². The van der Waals surface area contributed by atoms with Crippen LogP contribution >= 0.6 is 35.3 Å². The second-order valence-corrected chi connectivity index (χ2v) is 6.32. The molecule has 0 spiro atoms. The van der Waals surface area contributed by atoms with Crippen molar-refractivity contribution in [2.75, 3.05) is 13.1 Å². The van der Waals surface area contributed by atoms with Crippen LogP contribution in [0.1, 0.15) is 31.2 Å². The van der Waals surface area contributed by atoms with Crippen molar-refractivity contribution in [2.24, 2.45) is 16.1 Å². The maximum absolute atomic E-state index is 11.3. The third-order valence-electron chi connectivity index (χ3n) is 3.06. The van der Waals surface area contributed by atoms with Crippen molar-refractivity contribution in [1.29, 1.82) is 0 Å². The van der Waals surface area contributed by atoms with Gasteiger partial charge in [0.1, 0.15) is 0 Å². The normalized spacial score (nSPS) is 11.7. The Hall–Kier alpha value is -0.830. The van der Waals surface area contributed by atoms with Gasteiger partial charge in [0.05, 0.1) is 12.0 Å². The average molecular weight is 424 g/mol. The quantitative estimate of drug-likeness (QED) is 0.372. The van der Waals surface area contributed by atoms with Gasteiger partial charge in [0.15, 0.2) is 5.96 Å². The van der Waals surface area contributed by atoms with Crippen molar-refractivity contribution in [1.82, 2.24) is 10.6 Å². The van der Waals surface area contributed by atoms with E-state index in [2.05, 4.69) is 34.0 Å². The van der Waals surface area contributed by atoms with E-state index < -0.39 is 5.41 Å². The summed E-state index contributed by atoms with van der Waals surface area (Å²) in [6.07, 6.45) is 0. The number of aryl methyl sites for hydroxylation is 1. The standard InChI is InChI=1S/C14H24N4OS.HI/c1-5-16-13(18-9-14(3,4)12(15)19)17-8-11-10(2)6-7-20-11;/h6-7H,5,8-9H2,1-4H3,(H2,15,19)(H2,16,17,18);1H. The average Bonchev–Trinajstić information content (AvgIpc) is 2.78. The van der Waals surface area contributed by atoms with Gasteiger partial charge >= 0.3 is 0 Å². The second-order valence-electron chi connectivity index (χ2n) is 5.32. The Morgan fingerprint density at radius 1 is 1.43 bits per heavy atom. The number of nitrogens with one attached hydrogen (secondary N) is 2. The topological polar surface area (TPSA) is 79.5 Å². The maximum Gasteiger partial charge on any atom is 0.224 e. The SMILES string of the molecule is CCNC(=NCc1sccc1C)NCC(C)(C)C(N)=O.I. The molecule has 0 bridgehead atoms. The number of amides is 1. The van der Waals surface area contributed by atoms with Crippen molar-refractivity contribution >= 4 is 47.2 Å². The van der Waals surface area contributed by atoms with E-state index in [-0.39, 0.29) is 29.9 Å². The first kappa shape index (κ1) is 20.2. The molecule has 0 aliphatic heterocycles. The largest absolute Gasteiger partial charge is 0.369 e. The van der Waals surface area contributed by atoms with E-state index >= 15 is 0 Å². The zero-order valence-electron chi connectivity index (χ0n) is 13.0.